The number of H-pyrrole nitrogens is 1. The van der Waals surface area contributed by atoms with Gasteiger partial charge in [0.15, 0.2) is 5.43 Å². The van der Waals surface area contributed by atoms with Crippen LogP contribution < -0.4 is 5.43 Å². The molecule has 0 unspecified atom stereocenters. The average molecular weight is 274 g/mol. The maximum Gasteiger partial charge on any atom is 0.355 e. The Bertz CT molecular complexity index is 689. The number of aromatic nitrogens is 1. The highest BCUT2D eigenvalue weighted by Crippen LogP contribution is 2.13. The largest absolute Gasteiger partial charge is 0.461 e. The second-order valence-electron chi connectivity index (χ2n) is 4.81. The zero-order valence-corrected chi connectivity index (χ0v) is 11.9. The number of carbonyl (C=O) groups is 1. The summed E-state index contributed by atoms with van der Waals surface area (Å²) in [6.07, 6.45) is 0. The van der Waals surface area contributed by atoms with Crippen molar-refractivity contribution in [3.05, 3.63) is 45.7 Å². The quantitative estimate of drug-likeness (QED) is 0.863. The van der Waals surface area contributed by atoms with E-state index in [0.717, 1.165) is 0 Å². The van der Waals surface area contributed by atoms with Gasteiger partial charge in [0.2, 0.25) is 0 Å². The fraction of sp³-hybridized carbons (Fsp3) is 0.333. The summed E-state index contributed by atoms with van der Waals surface area (Å²) in [7, 11) is 3.70. The molecule has 106 valence electrons. The van der Waals surface area contributed by atoms with Gasteiger partial charge in [0.05, 0.1) is 6.61 Å². The van der Waals surface area contributed by atoms with E-state index in [0.29, 0.717) is 23.0 Å². The molecule has 0 aliphatic rings. The third-order valence-electron chi connectivity index (χ3n) is 2.96. The first-order valence-corrected chi connectivity index (χ1v) is 6.50. The van der Waals surface area contributed by atoms with Crippen molar-refractivity contribution in [1.29, 1.82) is 0 Å². The van der Waals surface area contributed by atoms with E-state index in [1.165, 1.54) is 0 Å². The van der Waals surface area contributed by atoms with Gasteiger partial charge in [0, 0.05) is 23.0 Å². The molecule has 5 heteroatoms. The van der Waals surface area contributed by atoms with Crippen LogP contribution in [0.3, 0.4) is 0 Å². The van der Waals surface area contributed by atoms with Gasteiger partial charge in [-0.15, -0.1) is 0 Å². The number of fused-ring (bicyclic) bond motifs is 1. The molecule has 0 spiro atoms. The first kappa shape index (κ1) is 14.3. The summed E-state index contributed by atoms with van der Waals surface area (Å²) in [6.45, 7) is 2.39. The fourth-order valence-electron chi connectivity index (χ4n) is 2.12. The molecule has 2 rings (SSSR count). The highest BCUT2D eigenvalue weighted by Gasteiger charge is 2.19. The van der Waals surface area contributed by atoms with Crippen molar-refractivity contribution in [3.8, 4) is 0 Å². The second kappa shape index (κ2) is 5.88. The molecule has 20 heavy (non-hydrogen) atoms. The van der Waals surface area contributed by atoms with Crippen LogP contribution in [0.25, 0.3) is 10.9 Å². The predicted molar refractivity (Wildman–Crippen MR) is 77.9 cm³/mol. The number of nitrogens with zero attached hydrogens (tertiary/aromatic N) is 1. The Hall–Kier alpha value is -2.14. The van der Waals surface area contributed by atoms with Gasteiger partial charge in [-0.05, 0) is 33.2 Å². The van der Waals surface area contributed by atoms with Gasteiger partial charge < -0.3 is 14.6 Å². The van der Waals surface area contributed by atoms with Crippen molar-refractivity contribution >= 4 is 16.9 Å². The van der Waals surface area contributed by atoms with Crippen LogP contribution in [0, 0.1) is 0 Å². The first-order valence-electron chi connectivity index (χ1n) is 6.50. The molecule has 0 aliphatic heterocycles. The zero-order valence-electron chi connectivity index (χ0n) is 11.9. The third kappa shape index (κ3) is 2.72. The Labute approximate surface area is 117 Å². The number of rotatable bonds is 4. The molecule has 5 nitrogen and oxygen atoms in total. The number of esters is 1. The Balaban J connectivity index is 2.69. The van der Waals surface area contributed by atoms with Crippen LogP contribution >= 0.6 is 0 Å². The van der Waals surface area contributed by atoms with E-state index in [1.807, 2.05) is 25.1 Å². The highest BCUT2D eigenvalue weighted by molar-refractivity contribution is 5.92. The Kier molecular flexibility index (Phi) is 4.20. The van der Waals surface area contributed by atoms with Crippen molar-refractivity contribution in [2.75, 3.05) is 20.7 Å². The minimum Gasteiger partial charge on any atom is -0.461 e. The maximum atomic E-state index is 12.5. The maximum absolute atomic E-state index is 12.5. The third-order valence-corrected chi connectivity index (χ3v) is 2.96. The molecule has 0 aliphatic carbocycles. The van der Waals surface area contributed by atoms with E-state index in [9.17, 15) is 9.59 Å². The molecule has 1 aromatic carbocycles. The molecule has 0 saturated carbocycles. The number of hydrogen-bond donors (Lipinski definition) is 1. The number of ether oxygens (including phenoxy) is 1. The number of benzene rings is 1. The van der Waals surface area contributed by atoms with Crippen LogP contribution in [-0.2, 0) is 11.3 Å². The van der Waals surface area contributed by atoms with Gasteiger partial charge >= 0.3 is 5.97 Å². The summed E-state index contributed by atoms with van der Waals surface area (Å²) in [5, 5.41) is 0.581. The SMILES string of the molecule is CCOC(=O)c1[nH]c2ccccc2c(=O)c1CN(C)C. The summed E-state index contributed by atoms with van der Waals surface area (Å²) in [5.41, 5.74) is 1.19. The van der Waals surface area contributed by atoms with Crippen LogP contribution in [0.4, 0.5) is 0 Å². The Morgan fingerprint density at radius 3 is 2.65 bits per heavy atom. The molecule has 1 heterocycles. The van der Waals surface area contributed by atoms with Crippen molar-refractivity contribution in [1.82, 2.24) is 9.88 Å². The van der Waals surface area contributed by atoms with Crippen molar-refractivity contribution in [3.63, 3.8) is 0 Å². The van der Waals surface area contributed by atoms with Crippen LogP contribution in [0.2, 0.25) is 0 Å². The van der Waals surface area contributed by atoms with E-state index < -0.39 is 5.97 Å². The lowest BCUT2D eigenvalue weighted by Gasteiger charge is -2.14. The molecular formula is C15H18N2O3. The van der Waals surface area contributed by atoms with E-state index in [1.54, 1.807) is 25.1 Å². The van der Waals surface area contributed by atoms with E-state index in [2.05, 4.69) is 4.98 Å². The van der Waals surface area contributed by atoms with Crippen molar-refractivity contribution in [2.45, 2.75) is 13.5 Å². The Morgan fingerprint density at radius 2 is 2.00 bits per heavy atom. The minimum absolute atomic E-state index is 0.129. The summed E-state index contributed by atoms with van der Waals surface area (Å²) in [4.78, 5) is 29.4. The highest BCUT2D eigenvalue weighted by atomic mass is 16.5. The molecular weight excluding hydrogens is 256 g/mol. The molecule has 0 amide bonds. The van der Waals surface area contributed by atoms with Gasteiger partial charge in [-0.3, -0.25) is 4.79 Å². The van der Waals surface area contributed by atoms with Crippen LogP contribution in [0.1, 0.15) is 23.0 Å². The lowest BCUT2D eigenvalue weighted by molar-refractivity contribution is 0.0517. The summed E-state index contributed by atoms with van der Waals surface area (Å²) >= 11 is 0. The number of pyridine rings is 1. The van der Waals surface area contributed by atoms with Crippen LogP contribution in [0.5, 0.6) is 0 Å². The normalized spacial score (nSPS) is 11.0. The van der Waals surface area contributed by atoms with Gasteiger partial charge in [0.25, 0.3) is 0 Å². The molecule has 0 fully saturated rings. The van der Waals surface area contributed by atoms with E-state index >= 15 is 0 Å². The smallest absolute Gasteiger partial charge is 0.355 e. The molecule has 0 atom stereocenters. The standard InChI is InChI=1S/C15H18N2O3/c1-4-20-15(19)13-11(9-17(2)3)14(18)10-7-5-6-8-12(10)16-13/h5-8H,4,9H2,1-3H3,(H,16,18). The number of para-hydroxylation sites is 1. The van der Waals surface area contributed by atoms with Gasteiger partial charge in [-0.1, -0.05) is 12.1 Å². The lowest BCUT2D eigenvalue weighted by atomic mass is 10.1. The summed E-state index contributed by atoms with van der Waals surface area (Å²) in [5.74, 6) is -0.493. The molecule has 2 aromatic rings. The minimum atomic E-state index is -0.493. The topological polar surface area (TPSA) is 62.4 Å². The van der Waals surface area contributed by atoms with Crippen LogP contribution in [-0.4, -0.2) is 36.6 Å². The summed E-state index contributed by atoms with van der Waals surface area (Å²) < 4.78 is 5.03. The fourth-order valence-corrected chi connectivity index (χ4v) is 2.12. The molecule has 1 aromatic heterocycles. The van der Waals surface area contributed by atoms with Gasteiger partial charge in [-0.25, -0.2) is 4.79 Å². The molecule has 0 bridgehead atoms. The number of hydrogen-bond acceptors (Lipinski definition) is 4. The summed E-state index contributed by atoms with van der Waals surface area (Å²) in [6, 6.07) is 7.15. The Morgan fingerprint density at radius 1 is 1.30 bits per heavy atom. The number of nitrogens with one attached hydrogen (secondary N) is 1. The van der Waals surface area contributed by atoms with Crippen LogP contribution in [0.15, 0.2) is 29.1 Å². The van der Waals surface area contributed by atoms with Crippen molar-refractivity contribution < 1.29 is 9.53 Å². The molecule has 0 radical (unpaired) electrons. The first-order chi connectivity index (χ1) is 9.54. The second-order valence-corrected chi connectivity index (χ2v) is 4.81. The lowest BCUT2D eigenvalue weighted by Crippen LogP contribution is -2.25. The predicted octanol–water partition coefficient (Wildman–Crippen LogP) is 1.77. The molecule has 0 saturated heterocycles. The number of carbonyl (C=O) groups excluding carboxylic acids is 1. The average Bonchev–Trinajstić information content (AvgIpc) is 2.41. The van der Waals surface area contributed by atoms with E-state index in [-0.39, 0.29) is 17.7 Å². The number of aromatic amines is 1. The van der Waals surface area contributed by atoms with Gasteiger partial charge in [0.1, 0.15) is 5.69 Å². The molecule has 1 N–H and O–H groups in total. The zero-order chi connectivity index (χ0) is 14.7. The van der Waals surface area contributed by atoms with Gasteiger partial charge in [-0.2, -0.15) is 0 Å². The van der Waals surface area contributed by atoms with E-state index in [4.69, 9.17) is 4.74 Å². The van der Waals surface area contributed by atoms with Crippen molar-refractivity contribution in [2.24, 2.45) is 0 Å². The monoisotopic (exact) mass is 274 g/mol.